The second-order valence-electron chi connectivity index (χ2n) is 6.70. The number of anilines is 2. The summed E-state index contributed by atoms with van der Waals surface area (Å²) in [5.41, 5.74) is 3.30. The standard InChI is InChI=1S/C20H20BrN3O2/c21-15-6-2-1-5-14(15)12-22-19(25)13-8-9-17-16(11-13)23-20(26)18-7-3-4-10-24(17)18/h1-2,5-6,8-9,11,18H,3-4,7,10,12H2,(H,22,25)(H,23,26). The molecule has 0 aromatic heterocycles. The van der Waals surface area contributed by atoms with E-state index >= 15 is 0 Å². The Morgan fingerprint density at radius 2 is 2.08 bits per heavy atom. The van der Waals surface area contributed by atoms with Crippen LogP contribution in [0.3, 0.4) is 0 Å². The molecule has 2 N–H and O–H groups in total. The van der Waals surface area contributed by atoms with Crippen LogP contribution in [-0.2, 0) is 11.3 Å². The van der Waals surface area contributed by atoms with E-state index < -0.39 is 0 Å². The number of nitrogens with one attached hydrogen (secondary N) is 2. The van der Waals surface area contributed by atoms with E-state index in [1.807, 2.05) is 36.4 Å². The number of nitrogens with zero attached hydrogens (tertiary/aromatic N) is 1. The van der Waals surface area contributed by atoms with Gasteiger partial charge in [-0.05, 0) is 49.1 Å². The number of piperidine rings is 1. The monoisotopic (exact) mass is 413 g/mol. The third kappa shape index (κ3) is 3.21. The van der Waals surface area contributed by atoms with Gasteiger partial charge in [-0.15, -0.1) is 0 Å². The van der Waals surface area contributed by atoms with Crippen LogP contribution in [0.25, 0.3) is 0 Å². The minimum absolute atomic E-state index is 0.0305. The lowest BCUT2D eigenvalue weighted by Crippen LogP contribution is -2.50. The number of carbonyl (C=O) groups excluding carboxylic acids is 2. The number of hydrogen-bond donors (Lipinski definition) is 2. The van der Waals surface area contributed by atoms with E-state index in [1.54, 1.807) is 6.07 Å². The first-order chi connectivity index (χ1) is 12.6. The van der Waals surface area contributed by atoms with E-state index in [4.69, 9.17) is 0 Å². The first kappa shape index (κ1) is 17.1. The molecule has 26 heavy (non-hydrogen) atoms. The summed E-state index contributed by atoms with van der Waals surface area (Å²) in [4.78, 5) is 27.1. The predicted molar refractivity (Wildman–Crippen MR) is 105 cm³/mol. The van der Waals surface area contributed by atoms with E-state index in [2.05, 4.69) is 31.5 Å². The largest absolute Gasteiger partial charge is 0.358 e. The maximum Gasteiger partial charge on any atom is 0.251 e. The number of hydrogen-bond acceptors (Lipinski definition) is 3. The minimum atomic E-state index is -0.154. The fourth-order valence-electron chi connectivity index (χ4n) is 3.66. The van der Waals surface area contributed by atoms with Crippen LogP contribution in [-0.4, -0.2) is 24.4 Å². The summed E-state index contributed by atoms with van der Waals surface area (Å²) in [7, 11) is 0. The van der Waals surface area contributed by atoms with Crippen molar-refractivity contribution in [2.75, 3.05) is 16.8 Å². The van der Waals surface area contributed by atoms with Crippen molar-refractivity contribution in [1.29, 1.82) is 0 Å². The Kier molecular flexibility index (Phi) is 4.68. The second kappa shape index (κ2) is 7.11. The minimum Gasteiger partial charge on any atom is -0.358 e. The molecule has 0 aliphatic carbocycles. The topological polar surface area (TPSA) is 61.4 Å². The summed E-state index contributed by atoms with van der Waals surface area (Å²) in [5.74, 6) is -0.124. The molecule has 0 radical (unpaired) electrons. The normalized spacial score (nSPS) is 18.6. The maximum absolute atomic E-state index is 12.5. The number of fused-ring (bicyclic) bond motifs is 3. The number of carbonyl (C=O) groups is 2. The van der Waals surface area contributed by atoms with Crippen molar-refractivity contribution in [3.63, 3.8) is 0 Å². The van der Waals surface area contributed by atoms with Gasteiger partial charge in [-0.2, -0.15) is 0 Å². The van der Waals surface area contributed by atoms with Crippen LogP contribution >= 0.6 is 15.9 Å². The molecule has 0 bridgehead atoms. The van der Waals surface area contributed by atoms with Gasteiger partial charge in [-0.1, -0.05) is 34.1 Å². The SMILES string of the molecule is O=C(NCc1ccccc1Br)c1ccc2c(c1)NC(=O)C1CCCCN21. The molecule has 2 aliphatic rings. The summed E-state index contributed by atoms with van der Waals surface area (Å²) in [6.45, 7) is 1.33. The van der Waals surface area contributed by atoms with Gasteiger partial charge in [0.15, 0.2) is 0 Å². The smallest absolute Gasteiger partial charge is 0.251 e. The molecule has 1 saturated heterocycles. The molecule has 134 valence electrons. The highest BCUT2D eigenvalue weighted by Gasteiger charge is 2.34. The Morgan fingerprint density at radius 3 is 2.92 bits per heavy atom. The summed E-state index contributed by atoms with van der Waals surface area (Å²) in [6.07, 6.45) is 3.07. The first-order valence-corrected chi connectivity index (χ1v) is 9.66. The van der Waals surface area contributed by atoms with Gasteiger partial charge in [-0.3, -0.25) is 9.59 Å². The van der Waals surface area contributed by atoms with Gasteiger partial charge in [-0.25, -0.2) is 0 Å². The predicted octanol–water partition coefficient (Wildman–Crippen LogP) is 3.69. The third-order valence-corrected chi connectivity index (χ3v) is 5.80. The van der Waals surface area contributed by atoms with Crippen LogP contribution in [0, 0.1) is 0 Å². The Labute approximate surface area is 160 Å². The van der Waals surface area contributed by atoms with E-state index in [0.717, 1.165) is 47.2 Å². The van der Waals surface area contributed by atoms with Crippen LogP contribution in [0.2, 0.25) is 0 Å². The van der Waals surface area contributed by atoms with Gasteiger partial charge < -0.3 is 15.5 Å². The third-order valence-electron chi connectivity index (χ3n) is 5.03. The Balaban J connectivity index is 1.52. The molecule has 4 rings (SSSR count). The lowest BCUT2D eigenvalue weighted by molar-refractivity contribution is -0.118. The van der Waals surface area contributed by atoms with E-state index in [-0.39, 0.29) is 17.9 Å². The molecule has 2 aliphatic heterocycles. The zero-order chi connectivity index (χ0) is 18.1. The Morgan fingerprint density at radius 1 is 1.23 bits per heavy atom. The van der Waals surface area contributed by atoms with Crippen LogP contribution in [0.15, 0.2) is 46.9 Å². The second-order valence-corrected chi connectivity index (χ2v) is 7.55. The van der Waals surface area contributed by atoms with E-state index in [0.29, 0.717) is 12.1 Å². The quantitative estimate of drug-likeness (QED) is 0.806. The van der Waals surface area contributed by atoms with Crippen molar-refractivity contribution in [2.24, 2.45) is 0 Å². The van der Waals surface area contributed by atoms with Crippen LogP contribution < -0.4 is 15.5 Å². The molecule has 2 aromatic rings. The van der Waals surface area contributed by atoms with Crippen molar-refractivity contribution >= 4 is 39.1 Å². The lowest BCUT2D eigenvalue weighted by atomic mass is 9.97. The molecule has 0 spiro atoms. The van der Waals surface area contributed by atoms with Crippen LogP contribution in [0.1, 0.15) is 35.2 Å². The zero-order valence-corrected chi connectivity index (χ0v) is 15.9. The molecule has 1 fully saturated rings. The molecule has 2 heterocycles. The van der Waals surface area contributed by atoms with Gasteiger partial charge in [0.2, 0.25) is 5.91 Å². The Bertz CT molecular complexity index is 868. The van der Waals surface area contributed by atoms with Crippen LogP contribution in [0.4, 0.5) is 11.4 Å². The van der Waals surface area contributed by atoms with Crippen molar-refractivity contribution in [2.45, 2.75) is 31.8 Å². The van der Waals surface area contributed by atoms with Crippen molar-refractivity contribution < 1.29 is 9.59 Å². The highest BCUT2D eigenvalue weighted by atomic mass is 79.9. The summed E-state index contributed by atoms with van der Waals surface area (Å²) in [6, 6.07) is 13.3. The summed E-state index contributed by atoms with van der Waals surface area (Å²) in [5, 5.41) is 5.90. The highest BCUT2D eigenvalue weighted by molar-refractivity contribution is 9.10. The molecule has 2 amide bonds. The highest BCUT2D eigenvalue weighted by Crippen LogP contribution is 2.36. The number of benzene rings is 2. The number of rotatable bonds is 3. The fourth-order valence-corrected chi connectivity index (χ4v) is 4.08. The number of amides is 2. The van der Waals surface area contributed by atoms with Gasteiger partial charge in [0.25, 0.3) is 5.91 Å². The van der Waals surface area contributed by atoms with E-state index in [1.165, 1.54) is 0 Å². The fraction of sp³-hybridized carbons (Fsp3) is 0.300. The average molecular weight is 414 g/mol. The van der Waals surface area contributed by atoms with Gasteiger partial charge in [0.05, 0.1) is 11.4 Å². The molecular weight excluding hydrogens is 394 g/mol. The molecular formula is C20H20BrN3O2. The Hall–Kier alpha value is -2.34. The van der Waals surface area contributed by atoms with Crippen LogP contribution in [0.5, 0.6) is 0 Å². The first-order valence-electron chi connectivity index (χ1n) is 8.86. The zero-order valence-electron chi connectivity index (χ0n) is 14.3. The van der Waals surface area contributed by atoms with Crippen molar-refractivity contribution in [3.8, 4) is 0 Å². The van der Waals surface area contributed by atoms with E-state index in [9.17, 15) is 9.59 Å². The molecule has 5 nitrogen and oxygen atoms in total. The van der Waals surface area contributed by atoms with Gasteiger partial charge in [0, 0.05) is 23.1 Å². The maximum atomic E-state index is 12.5. The molecule has 6 heteroatoms. The molecule has 1 unspecified atom stereocenters. The molecule has 0 saturated carbocycles. The van der Waals surface area contributed by atoms with Crippen molar-refractivity contribution in [1.82, 2.24) is 5.32 Å². The molecule has 2 aromatic carbocycles. The van der Waals surface area contributed by atoms with Gasteiger partial charge >= 0.3 is 0 Å². The summed E-state index contributed by atoms with van der Waals surface area (Å²) < 4.78 is 0.967. The lowest BCUT2D eigenvalue weighted by Gasteiger charge is -2.41. The number of halogens is 1. The van der Waals surface area contributed by atoms with Crippen molar-refractivity contribution in [3.05, 3.63) is 58.1 Å². The average Bonchev–Trinajstić information content (AvgIpc) is 2.67. The molecule has 1 atom stereocenters. The summed E-state index contributed by atoms with van der Waals surface area (Å²) >= 11 is 3.49. The van der Waals surface area contributed by atoms with Gasteiger partial charge in [0.1, 0.15) is 6.04 Å².